The Hall–Kier alpha value is -3.32. The molecule has 1 aromatic heterocycles. The average molecular weight is 463 g/mol. The van der Waals surface area contributed by atoms with E-state index in [1.807, 2.05) is 66.4 Å². The molecular formula is C27H34N4O3. The Bertz CT molecular complexity index is 1060. The van der Waals surface area contributed by atoms with Crippen LogP contribution in [0.5, 0.6) is 0 Å². The SMILES string of the molecule is Cc1ccc(NC(=O)N(CCC(C)C)Cc2c(-c3ccccc3)noc2N2CCOCC2)cc1. The second kappa shape index (κ2) is 11.2. The van der Waals surface area contributed by atoms with E-state index >= 15 is 0 Å². The van der Waals surface area contributed by atoms with Gasteiger partial charge in [0.1, 0.15) is 5.69 Å². The molecule has 2 amide bonds. The molecule has 0 saturated carbocycles. The molecule has 1 N–H and O–H groups in total. The number of carbonyl (C=O) groups is 1. The van der Waals surface area contributed by atoms with Crippen molar-refractivity contribution in [2.45, 2.75) is 33.7 Å². The summed E-state index contributed by atoms with van der Waals surface area (Å²) in [6.07, 6.45) is 0.903. The van der Waals surface area contributed by atoms with Gasteiger partial charge in [0.2, 0.25) is 5.88 Å². The van der Waals surface area contributed by atoms with E-state index in [1.54, 1.807) is 0 Å². The molecule has 7 nitrogen and oxygen atoms in total. The van der Waals surface area contributed by atoms with Crippen molar-refractivity contribution in [1.82, 2.24) is 10.1 Å². The molecule has 0 radical (unpaired) electrons. The van der Waals surface area contributed by atoms with Crippen molar-refractivity contribution >= 4 is 17.6 Å². The number of hydrogen-bond donors (Lipinski definition) is 1. The van der Waals surface area contributed by atoms with Crippen molar-refractivity contribution in [3.63, 3.8) is 0 Å². The van der Waals surface area contributed by atoms with E-state index in [9.17, 15) is 4.79 Å². The Morgan fingerprint density at radius 2 is 1.79 bits per heavy atom. The highest BCUT2D eigenvalue weighted by molar-refractivity contribution is 5.89. The van der Waals surface area contributed by atoms with Crippen molar-refractivity contribution in [2.24, 2.45) is 5.92 Å². The third-order valence-electron chi connectivity index (χ3n) is 6.03. The monoisotopic (exact) mass is 462 g/mol. The van der Waals surface area contributed by atoms with Crippen LogP contribution in [0.2, 0.25) is 0 Å². The first-order chi connectivity index (χ1) is 16.5. The predicted octanol–water partition coefficient (Wildman–Crippen LogP) is 5.57. The number of amides is 2. The lowest BCUT2D eigenvalue weighted by Gasteiger charge is -2.29. The molecular weight excluding hydrogens is 428 g/mol. The predicted molar refractivity (Wildman–Crippen MR) is 135 cm³/mol. The first kappa shape index (κ1) is 23.8. The molecule has 1 aliphatic rings. The molecule has 0 unspecified atom stereocenters. The molecule has 0 atom stereocenters. The number of aromatic nitrogens is 1. The van der Waals surface area contributed by atoms with E-state index in [0.29, 0.717) is 32.2 Å². The highest BCUT2D eigenvalue weighted by Crippen LogP contribution is 2.33. The van der Waals surface area contributed by atoms with Crippen LogP contribution in [0.15, 0.2) is 59.1 Å². The van der Waals surface area contributed by atoms with Crippen molar-refractivity contribution in [2.75, 3.05) is 43.1 Å². The number of ether oxygens (including phenoxy) is 1. The molecule has 34 heavy (non-hydrogen) atoms. The molecule has 2 aromatic carbocycles. The molecule has 1 saturated heterocycles. The Labute approximate surface area is 201 Å². The second-order valence-electron chi connectivity index (χ2n) is 9.18. The fraction of sp³-hybridized carbons (Fsp3) is 0.407. The molecule has 3 aromatic rings. The minimum Gasteiger partial charge on any atom is -0.378 e. The van der Waals surface area contributed by atoms with Gasteiger partial charge in [0.25, 0.3) is 0 Å². The maximum atomic E-state index is 13.4. The molecule has 180 valence electrons. The fourth-order valence-electron chi connectivity index (χ4n) is 3.98. The Balaban J connectivity index is 1.64. The lowest BCUT2D eigenvalue weighted by molar-refractivity contribution is 0.120. The maximum Gasteiger partial charge on any atom is 0.322 e. The number of benzene rings is 2. The fourth-order valence-corrected chi connectivity index (χ4v) is 3.98. The minimum atomic E-state index is -0.127. The summed E-state index contributed by atoms with van der Waals surface area (Å²) in [4.78, 5) is 17.4. The highest BCUT2D eigenvalue weighted by atomic mass is 16.5. The van der Waals surface area contributed by atoms with E-state index in [-0.39, 0.29) is 6.03 Å². The van der Waals surface area contributed by atoms with Gasteiger partial charge in [-0.1, -0.05) is 67.0 Å². The minimum absolute atomic E-state index is 0.127. The summed E-state index contributed by atoms with van der Waals surface area (Å²) >= 11 is 0. The van der Waals surface area contributed by atoms with Crippen LogP contribution >= 0.6 is 0 Å². The van der Waals surface area contributed by atoms with Gasteiger partial charge in [-0.25, -0.2) is 4.79 Å². The van der Waals surface area contributed by atoms with Gasteiger partial charge in [0, 0.05) is 30.9 Å². The number of hydrogen-bond acceptors (Lipinski definition) is 5. The van der Waals surface area contributed by atoms with Crippen LogP contribution in [-0.4, -0.2) is 48.9 Å². The highest BCUT2D eigenvalue weighted by Gasteiger charge is 2.27. The Morgan fingerprint density at radius 1 is 1.09 bits per heavy atom. The first-order valence-corrected chi connectivity index (χ1v) is 12.0. The van der Waals surface area contributed by atoms with Gasteiger partial charge in [-0.2, -0.15) is 0 Å². The van der Waals surface area contributed by atoms with E-state index in [1.165, 1.54) is 0 Å². The Morgan fingerprint density at radius 3 is 2.47 bits per heavy atom. The van der Waals surface area contributed by atoms with Crippen molar-refractivity contribution < 1.29 is 14.1 Å². The summed E-state index contributed by atoms with van der Waals surface area (Å²) in [5.74, 6) is 1.20. The van der Waals surface area contributed by atoms with Gasteiger partial charge in [-0.15, -0.1) is 0 Å². The number of carbonyl (C=O) groups excluding carboxylic acids is 1. The summed E-state index contributed by atoms with van der Waals surface area (Å²) in [6, 6.07) is 17.7. The van der Waals surface area contributed by atoms with E-state index in [0.717, 1.165) is 53.5 Å². The van der Waals surface area contributed by atoms with Gasteiger partial charge in [0.15, 0.2) is 0 Å². The number of nitrogens with zero attached hydrogens (tertiary/aromatic N) is 3. The smallest absolute Gasteiger partial charge is 0.322 e. The maximum absolute atomic E-state index is 13.4. The van der Waals surface area contributed by atoms with Crippen molar-refractivity contribution in [3.05, 3.63) is 65.7 Å². The van der Waals surface area contributed by atoms with Gasteiger partial charge in [0.05, 0.1) is 25.3 Å². The van der Waals surface area contributed by atoms with E-state index in [2.05, 4.69) is 29.2 Å². The van der Waals surface area contributed by atoms with Gasteiger partial charge in [-0.3, -0.25) is 0 Å². The standard InChI is InChI=1S/C27H34N4O3/c1-20(2)13-14-31(27(32)28-23-11-9-21(3)10-12-23)19-24-25(22-7-5-4-6-8-22)29-34-26(24)30-15-17-33-18-16-30/h4-12,20H,13-19H2,1-3H3,(H,28,32). The summed E-state index contributed by atoms with van der Waals surface area (Å²) in [5.41, 5.74) is 4.62. The van der Waals surface area contributed by atoms with Crippen molar-refractivity contribution in [3.8, 4) is 11.3 Å². The zero-order chi connectivity index (χ0) is 23.9. The largest absolute Gasteiger partial charge is 0.378 e. The molecule has 1 aliphatic heterocycles. The summed E-state index contributed by atoms with van der Waals surface area (Å²) in [6.45, 7) is 10.2. The second-order valence-corrected chi connectivity index (χ2v) is 9.18. The molecule has 1 fully saturated rings. The number of urea groups is 1. The normalized spacial score (nSPS) is 13.8. The van der Waals surface area contributed by atoms with Crippen LogP contribution < -0.4 is 10.2 Å². The average Bonchev–Trinajstić information content (AvgIpc) is 3.27. The van der Waals surface area contributed by atoms with Gasteiger partial charge in [-0.05, 0) is 31.4 Å². The topological polar surface area (TPSA) is 70.8 Å². The summed E-state index contributed by atoms with van der Waals surface area (Å²) in [7, 11) is 0. The summed E-state index contributed by atoms with van der Waals surface area (Å²) < 4.78 is 11.4. The van der Waals surface area contributed by atoms with Crippen LogP contribution in [0.4, 0.5) is 16.4 Å². The van der Waals surface area contributed by atoms with Crippen LogP contribution in [0, 0.1) is 12.8 Å². The number of rotatable bonds is 8. The van der Waals surface area contributed by atoms with Crippen LogP contribution in [-0.2, 0) is 11.3 Å². The number of nitrogens with one attached hydrogen (secondary N) is 1. The summed E-state index contributed by atoms with van der Waals surface area (Å²) in [5, 5.41) is 7.51. The van der Waals surface area contributed by atoms with E-state index < -0.39 is 0 Å². The molecule has 4 rings (SSSR count). The molecule has 7 heteroatoms. The zero-order valence-corrected chi connectivity index (χ0v) is 20.3. The third kappa shape index (κ3) is 5.97. The first-order valence-electron chi connectivity index (χ1n) is 12.0. The van der Waals surface area contributed by atoms with Gasteiger partial charge < -0.3 is 24.4 Å². The molecule has 0 aliphatic carbocycles. The van der Waals surface area contributed by atoms with Crippen LogP contribution in [0.1, 0.15) is 31.4 Å². The molecule has 0 spiro atoms. The number of anilines is 2. The van der Waals surface area contributed by atoms with Crippen LogP contribution in [0.25, 0.3) is 11.3 Å². The lowest BCUT2D eigenvalue weighted by Crippen LogP contribution is -2.38. The van der Waals surface area contributed by atoms with Crippen LogP contribution in [0.3, 0.4) is 0 Å². The third-order valence-corrected chi connectivity index (χ3v) is 6.03. The quantitative estimate of drug-likeness (QED) is 0.474. The molecule has 0 bridgehead atoms. The number of morpholine rings is 1. The van der Waals surface area contributed by atoms with Gasteiger partial charge >= 0.3 is 6.03 Å². The zero-order valence-electron chi connectivity index (χ0n) is 20.3. The van der Waals surface area contributed by atoms with E-state index in [4.69, 9.17) is 9.26 Å². The Kier molecular flexibility index (Phi) is 7.85. The number of aryl methyl sites for hydroxylation is 1. The van der Waals surface area contributed by atoms with Crippen molar-refractivity contribution in [1.29, 1.82) is 0 Å². The lowest BCUT2D eigenvalue weighted by atomic mass is 10.1. The molecule has 2 heterocycles.